The average molecular weight is 199 g/mol. The second kappa shape index (κ2) is 4.30. The molecule has 0 saturated carbocycles. The molecule has 3 heteroatoms. The van der Waals surface area contributed by atoms with Crippen LogP contribution < -0.4 is 5.32 Å². The highest BCUT2D eigenvalue weighted by molar-refractivity contribution is 5.75. The molecule has 1 fully saturated rings. The zero-order chi connectivity index (χ0) is 10.8. The van der Waals surface area contributed by atoms with E-state index in [9.17, 15) is 4.79 Å². The molecule has 0 aromatic heterocycles. The lowest BCUT2D eigenvalue weighted by Crippen LogP contribution is -2.42. The van der Waals surface area contributed by atoms with Crippen molar-refractivity contribution >= 4 is 5.97 Å². The van der Waals surface area contributed by atoms with Crippen LogP contribution in [0.4, 0.5) is 0 Å². The highest BCUT2D eigenvalue weighted by Gasteiger charge is 2.30. The Labute approximate surface area is 86.2 Å². The quantitative estimate of drug-likeness (QED) is 0.651. The molecule has 1 heterocycles. The Bertz CT molecular complexity index is 208. The van der Waals surface area contributed by atoms with E-state index in [2.05, 4.69) is 12.2 Å². The maximum absolute atomic E-state index is 11.6. The predicted octanol–water partition coefficient (Wildman–Crippen LogP) is 1.57. The highest BCUT2D eigenvalue weighted by Crippen LogP contribution is 2.21. The molecular weight excluding hydrogens is 178 g/mol. The number of hydrogen-bond acceptors (Lipinski definition) is 3. The van der Waals surface area contributed by atoms with Gasteiger partial charge in [0.2, 0.25) is 0 Å². The Morgan fingerprint density at radius 2 is 2.07 bits per heavy atom. The molecule has 0 spiro atoms. The Hall–Kier alpha value is -0.570. The maximum Gasteiger partial charge on any atom is 0.311 e. The van der Waals surface area contributed by atoms with Gasteiger partial charge in [-0.05, 0) is 33.7 Å². The molecule has 0 bridgehead atoms. The van der Waals surface area contributed by atoms with Gasteiger partial charge in [-0.25, -0.2) is 0 Å². The number of piperidine rings is 1. The van der Waals surface area contributed by atoms with Crippen LogP contribution in [-0.2, 0) is 9.53 Å². The van der Waals surface area contributed by atoms with Gasteiger partial charge in [-0.3, -0.25) is 4.79 Å². The molecule has 0 unspecified atom stereocenters. The van der Waals surface area contributed by atoms with Gasteiger partial charge < -0.3 is 10.1 Å². The lowest BCUT2D eigenvalue weighted by atomic mass is 9.95. The molecule has 1 aliphatic rings. The molecule has 2 atom stereocenters. The van der Waals surface area contributed by atoms with Crippen LogP contribution in [0.3, 0.4) is 0 Å². The van der Waals surface area contributed by atoms with Gasteiger partial charge in [0, 0.05) is 12.5 Å². The fourth-order valence-corrected chi connectivity index (χ4v) is 1.48. The number of ether oxygens (including phenoxy) is 1. The summed E-state index contributed by atoms with van der Waals surface area (Å²) in [5, 5.41) is 3.29. The van der Waals surface area contributed by atoms with Crippen molar-refractivity contribution < 1.29 is 9.53 Å². The van der Waals surface area contributed by atoms with E-state index in [1.807, 2.05) is 20.8 Å². The third-order valence-electron chi connectivity index (χ3n) is 2.58. The van der Waals surface area contributed by atoms with E-state index >= 15 is 0 Å². The summed E-state index contributed by atoms with van der Waals surface area (Å²) in [4.78, 5) is 11.6. The molecule has 1 saturated heterocycles. The number of carbonyl (C=O) groups is 1. The second-order valence-corrected chi connectivity index (χ2v) is 5.16. The first-order valence-electron chi connectivity index (χ1n) is 5.33. The first-order chi connectivity index (χ1) is 6.41. The minimum Gasteiger partial charge on any atom is -0.462 e. The van der Waals surface area contributed by atoms with Gasteiger partial charge in [0.1, 0.15) is 6.10 Å². The first kappa shape index (κ1) is 11.5. The van der Waals surface area contributed by atoms with Crippen molar-refractivity contribution in [1.82, 2.24) is 5.32 Å². The summed E-state index contributed by atoms with van der Waals surface area (Å²) < 4.78 is 5.49. The van der Waals surface area contributed by atoms with Gasteiger partial charge in [-0.2, -0.15) is 0 Å². The SMILES string of the molecule is C[C@@H]1CNCC[C@@H]1OC(=O)C(C)(C)C. The van der Waals surface area contributed by atoms with E-state index in [0.717, 1.165) is 19.5 Å². The zero-order valence-corrected chi connectivity index (χ0v) is 9.59. The summed E-state index contributed by atoms with van der Waals surface area (Å²) in [6.45, 7) is 9.69. The van der Waals surface area contributed by atoms with Crippen molar-refractivity contribution in [2.24, 2.45) is 11.3 Å². The summed E-state index contributed by atoms with van der Waals surface area (Å²) in [5.41, 5.74) is -0.384. The molecule has 14 heavy (non-hydrogen) atoms. The highest BCUT2D eigenvalue weighted by atomic mass is 16.5. The van der Waals surface area contributed by atoms with Gasteiger partial charge in [0.15, 0.2) is 0 Å². The number of nitrogens with one attached hydrogen (secondary N) is 1. The van der Waals surface area contributed by atoms with Crippen LogP contribution in [0.15, 0.2) is 0 Å². The molecule has 1 rings (SSSR count). The molecule has 3 nitrogen and oxygen atoms in total. The lowest BCUT2D eigenvalue weighted by molar-refractivity contribution is -0.162. The minimum atomic E-state index is -0.384. The van der Waals surface area contributed by atoms with Crippen molar-refractivity contribution in [2.45, 2.75) is 40.2 Å². The monoisotopic (exact) mass is 199 g/mol. The van der Waals surface area contributed by atoms with Crippen LogP contribution in [0.2, 0.25) is 0 Å². The van der Waals surface area contributed by atoms with Crippen molar-refractivity contribution in [2.75, 3.05) is 13.1 Å². The van der Waals surface area contributed by atoms with Gasteiger partial charge in [-0.1, -0.05) is 6.92 Å². The summed E-state index contributed by atoms with van der Waals surface area (Å²) in [6.07, 6.45) is 1.03. The number of rotatable bonds is 1. The number of hydrogen-bond donors (Lipinski definition) is 1. The van der Waals surface area contributed by atoms with Crippen LogP contribution in [-0.4, -0.2) is 25.2 Å². The molecule has 0 aromatic rings. The van der Waals surface area contributed by atoms with Crippen LogP contribution in [0.25, 0.3) is 0 Å². The summed E-state index contributed by atoms with van der Waals surface area (Å²) >= 11 is 0. The minimum absolute atomic E-state index is 0.0868. The Kier molecular flexibility index (Phi) is 3.53. The van der Waals surface area contributed by atoms with E-state index in [1.54, 1.807) is 0 Å². The molecular formula is C11H21NO2. The molecule has 0 amide bonds. The molecule has 0 radical (unpaired) electrons. The third kappa shape index (κ3) is 2.98. The van der Waals surface area contributed by atoms with Gasteiger partial charge in [-0.15, -0.1) is 0 Å². The molecule has 82 valence electrons. The predicted molar refractivity (Wildman–Crippen MR) is 56.0 cm³/mol. The normalized spacial score (nSPS) is 28.6. The summed E-state index contributed by atoms with van der Waals surface area (Å²) in [7, 11) is 0. The Morgan fingerprint density at radius 3 is 2.57 bits per heavy atom. The largest absolute Gasteiger partial charge is 0.462 e. The summed E-state index contributed by atoms with van der Waals surface area (Å²) in [5.74, 6) is 0.339. The average Bonchev–Trinajstić information content (AvgIpc) is 2.07. The van der Waals surface area contributed by atoms with Crippen molar-refractivity contribution in [1.29, 1.82) is 0 Å². The van der Waals surface area contributed by atoms with Crippen molar-refractivity contribution in [3.63, 3.8) is 0 Å². The van der Waals surface area contributed by atoms with E-state index in [0.29, 0.717) is 5.92 Å². The van der Waals surface area contributed by atoms with Crippen LogP contribution in [0.5, 0.6) is 0 Å². The van der Waals surface area contributed by atoms with Gasteiger partial charge in [0.05, 0.1) is 5.41 Å². The fourth-order valence-electron chi connectivity index (χ4n) is 1.48. The summed E-state index contributed by atoms with van der Waals surface area (Å²) in [6, 6.07) is 0. The number of esters is 1. The number of carbonyl (C=O) groups excluding carboxylic acids is 1. The first-order valence-corrected chi connectivity index (χ1v) is 5.33. The van der Waals surface area contributed by atoms with Gasteiger partial charge in [0.25, 0.3) is 0 Å². The van der Waals surface area contributed by atoms with Crippen LogP contribution >= 0.6 is 0 Å². The van der Waals surface area contributed by atoms with E-state index in [4.69, 9.17) is 4.74 Å². The van der Waals surface area contributed by atoms with Crippen molar-refractivity contribution in [3.05, 3.63) is 0 Å². The Balaban J connectivity index is 2.46. The second-order valence-electron chi connectivity index (χ2n) is 5.16. The molecule has 0 aromatic carbocycles. The topological polar surface area (TPSA) is 38.3 Å². The van der Waals surface area contributed by atoms with Gasteiger partial charge >= 0.3 is 5.97 Å². The van der Waals surface area contributed by atoms with Crippen LogP contribution in [0.1, 0.15) is 34.1 Å². The maximum atomic E-state index is 11.6. The standard InChI is InChI=1S/C11H21NO2/c1-8-7-12-6-5-9(8)14-10(13)11(2,3)4/h8-9,12H,5-7H2,1-4H3/t8-,9+/m1/s1. The third-order valence-corrected chi connectivity index (χ3v) is 2.58. The smallest absolute Gasteiger partial charge is 0.311 e. The molecule has 1 aliphatic heterocycles. The fraction of sp³-hybridized carbons (Fsp3) is 0.909. The van der Waals surface area contributed by atoms with Crippen molar-refractivity contribution in [3.8, 4) is 0 Å². The van der Waals surface area contributed by atoms with E-state index in [1.165, 1.54) is 0 Å². The lowest BCUT2D eigenvalue weighted by Gasteiger charge is -2.31. The van der Waals surface area contributed by atoms with Crippen LogP contribution in [0, 0.1) is 11.3 Å². The zero-order valence-electron chi connectivity index (χ0n) is 9.59. The van der Waals surface area contributed by atoms with E-state index in [-0.39, 0.29) is 17.5 Å². The Morgan fingerprint density at radius 1 is 1.43 bits per heavy atom. The molecule has 0 aliphatic carbocycles. The molecule has 1 N–H and O–H groups in total. The van der Waals surface area contributed by atoms with E-state index < -0.39 is 0 Å².